The third-order valence-corrected chi connectivity index (χ3v) is 6.73. The lowest BCUT2D eigenvalue weighted by Crippen LogP contribution is -2.40. The molecule has 0 saturated carbocycles. The van der Waals surface area contributed by atoms with E-state index in [9.17, 15) is 17.6 Å². The van der Waals surface area contributed by atoms with Crippen molar-refractivity contribution in [2.45, 2.75) is 17.7 Å². The summed E-state index contributed by atoms with van der Waals surface area (Å²) in [5.41, 5.74) is 1.35. The number of benzene rings is 2. The van der Waals surface area contributed by atoms with Crippen LogP contribution in [-0.4, -0.2) is 58.6 Å². The maximum Gasteiger partial charge on any atom is 0.246 e. The van der Waals surface area contributed by atoms with Crippen molar-refractivity contribution in [3.05, 3.63) is 59.4 Å². The summed E-state index contributed by atoms with van der Waals surface area (Å²) < 4.78 is 51.1. The van der Waals surface area contributed by atoms with Crippen molar-refractivity contribution < 1.29 is 27.1 Å². The molecule has 1 saturated heterocycles. The van der Waals surface area contributed by atoms with E-state index in [1.165, 1.54) is 29.6 Å². The van der Waals surface area contributed by atoms with Crippen LogP contribution < -0.4 is 10.1 Å². The molecule has 0 aromatic heterocycles. The molecule has 0 radical (unpaired) electrons. The second kappa shape index (κ2) is 10.0. The number of methoxy groups -OCH3 is 1. The van der Waals surface area contributed by atoms with Gasteiger partial charge in [-0.25, -0.2) is 12.8 Å². The van der Waals surface area contributed by atoms with Crippen molar-refractivity contribution in [3.8, 4) is 5.75 Å². The summed E-state index contributed by atoms with van der Waals surface area (Å²) in [6.45, 7) is 1.59. The van der Waals surface area contributed by atoms with Gasteiger partial charge in [0.2, 0.25) is 15.9 Å². The number of carbonyl (C=O) groups excluding carboxylic acids is 1. The molecule has 9 heteroatoms. The van der Waals surface area contributed by atoms with Crippen LogP contribution >= 0.6 is 0 Å². The number of hydrogen-bond acceptors (Lipinski definition) is 5. The lowest BCUT2D eigenvalue weighted by Gasteiger charge is -2.26. The average Bonchev–Trinajstić information content (AvgIpc) is 2.74. The molecule has 0 bridgehead atoms. The number of sulfonamides is 1. The maximum atomic E-state index is 13.2. The first kappa shape index (κ1) is 22.2. The van der Waals surface area contributed by atoms with Crippen LogP contribution in [0.15, 0.2) is 47.4 Å². The zero-order chi connectivity index (χ0) is 21.6. The van der Waals surface area contributed by atoms with Crippen molar-refractivity contribution in [3.63, 3.8) is 0 Å². The molecule has 1 amide bonds. The number of morpholine rings is 1. The minimum absolute atomic E-state index is 0.0266. The Morgan fingerprint density at radius 2 is 1.93 bits per heavy atom. The smallest absolute Gasteiger partial charge is 0.246 e. The van der Waals surface area contributed by atoms with E-state index in [0.717, 1.165) is 5.56 Å². The van der Waals surface area contributed by atoms with Crippen molar-refractivity contribution in [1.29, 1.82) is 0 Å². The van der Waals surface area contributed by atoms with Gasteiger partial charge in [-0.15, -0.1) is 0 Å². The van der Waals surface area contributed by atoms with Gasteiger partial charge in [-0.1, -0.05) is 18.2 Å². The van der Waals surface area contributed by atoms with Crippen LogP contribution in [0.3, 0.4) is 0 Å². The molecule has 0 atom stereocenters. The second-order valence-corrected chi connectivity index (χ2v) is 8.81. The number of nitrogens with one attached hydrogen (secondary N) is 1. The fraction of sp³-hybridized carbons (Fsp3) is 0.381. The van der Waals surface area contributed by atoms with E-state index >= 15 is 0 Å². The van der Waals surface area contributed by atoms with Gasteiger partial charge in [0.15, 0.2) is 0 Å². The molecular weight excluding hydrogens is 411 g/mol. The Labute approximate surface area is 175 Å². The number of halogens is 1. The van der Waals surface area contributed by atoms with Gasteiger partial charge < -0.3 is 14.8 Å². The Balaban J connectivity index is 1.66. The van der Waals surface area contributed by atoms with E-state index in [1.54, 1.807) is 24.3 Å². The van der Waals surface area contributed by atoms with Crippen LogP contribution in [-0.2, 0) is 32.4 Å². The first-order valence-corrected chi connectivity index (χ1v) is 11.1. The van der Waals surface area contributed by atoms with Crippen molar-refractivity contribution >= 4 is 15.9 Å². The van der Waals surface area contributed by atoms with Gasteiger partial charge in [0.05, 0.1) is 26.7 Å². The standard InChI is InChI=1S/C21H25FN2O5S/c1-28-19-6-5-17(14-20(19)30(26,27)24-9-11-29-12-10-24)15-21(25)23-8-7-16-3-2-4-18(22)13-16/h2-6,13-14H,7-12,15H2,1H3,(H,23,25). The summed E-state index contributed by atoms with van der Waals surface area (Å²) in [4.78, 5) is 12.3. The fourth-order valence-electron chi connectivity index (χ4n) is 3.25. The highest BCUT2D eigenvalue weighted by Gasteiger charge is 2.29. The second-order valence-electron chi connectivity index (χ2n) is 6.91. The first-order chi connectivity index (χ1) is 14.4. The van der Waals surface area contributed by atoms with E-state index < -0.39 is 10.0 Å². The predicted molar refractivity (Wildman–Crippen MR) is 109 cm³/mol. The van der Waals surface area contributed by atoms with Gasteiger partial charge in [-0.3, -0.25) is 4.79 Å². The van der Waals surface area contributed by atoms with Gasteiger partial charge in [-0.2, -0.15) is 4.31 Å². The van der Waals surface area contributed by atoms with Gasteiger partial charge in [0, 0.05) is 19.6 Å². The fourth-order valence-corrected chi connectivity index (χ4v) is 4.86. The van der Waals surface area contributed by atoms with E-state index in [0.29, 0.717) is 31.7 Å². The average molecular weight is 437 g/mol. The number of ether oxygens (including phenoxy) is 2. The first-order valence-electron chi connectivity index (χ1n) is 9.66. The molecule has 0 aliphatic carbocycles. The van der Waals surface area contributed by atoms with E-state index in [-0.39, 0.29) is 41.9 Å². The Hall–Kier alpha value is -2.49. The highest BCUT2D eigenvalue weighted by Crippen LogP contribution is 2.28. The minimum atomic E-state index is -3.76. The maximum absolute atomic E-state index is 13.2. The number of rotatable bonds is 8. The van der Waals surface area contributed by atoms with Crippen LogP contribution in [0.5, 0.6) is 5.75 Å². The number of hydrogen-bond donors (Lipinski definition) is 1. The molecule has 0 spiro atoms. The van der Waals surface area contributed by atoms with Crippen LogP contribution in [0.2, 0.25) is 0 Å². The van der Waals surface area contributed by atoms with E-state index in [2.05, 4.69) is 5.32 Å². The Bertz CT molecular complexity index is 991. The zero-order valence-electron chi connectivity index (χ0n) is 16.8. The Morgan fingerprint density at radius 3 is 2.63 bits per heavy atom. The largest absolute Gasteiger partial charge is 0.495 e. The minimum Gasteiger partial charge on any atom is -0.495 e. The normalized spacial score (nSPS) is 15.0. The molecule has 7 nitrogen and oxygen atoms in total. The van der Waals surface area contributed by atoms with Gasteiger partial charge in [-0.05, 0) is 41.8 Å². The SMILES string of the molecule is COc1ccc(CC(=O)NCCc2cccc(F)c2)cc1S(=O)(=O)N1CCOCC1. The molecule has 2 aromatic rings. The van der Waals surface area contributed by atoms with Crippen LogP contribution in [0.4, 0.5) is 4.39 Å². The molecular formula is C21H25FN2O5S. The van der Waals surface area contributed by atoms with E-state index in [1.807, 2.05) is 0 Å². The topological polar surface area (TPSA) is 84.9 Å². The quantitative estimate of drug-likeness (QED) is 0.682. The molecule has 30 heavy (non-hydrogen) atoms. The lowest BCUT2D eigenvalue weighted by atomic mass is 10.1. The van der Waals surface area contributed by atoms with Gasteiger partial charge in [0.25, 0.3) is 0 Å². The highest BCUT2D eigenvalue weighted by molar-refractivity contribution is 7.89. The molecule has 0 unspecified atom stereocenters. The third kappa shape index (κ3) is 5.56. The van der Waals surface area contributed by atoms with Crippen LogP contribution in [0, 0.1) is 5.82 Å². The molecule has 3 rings (SSSR count). The molecule has 2 aromatic carbocycles. The van der Waals surface area contributed by atoms with Crippen molar-refractivity contribution in [2.24, 2.45) is 0 Å². The van der Waals surface area contributed by atoms with Crippen LogP contribution in [0.1, 0.15) is 11.1 Å². The third-order valence-electron chi connectivity index (χ3n) is 4.81. The number of nitrogens with zero attached hydrogens (tertiary/aromatic N) is 1. The Kier molecular flexibility index (Phi) is 7.41. The molecule has 1 aliphatic rings. The van der Waals surface area contributed by atoms with Crippen molar-refractivity contribution in [2.75, 3.05) is 40.0 Å². The molecule has 1 fully saturated rings. The van der Waals surface area contributed by atoms with Crippen LogP contribution in [0.25, 0.3) is 0 Å². The van der Waals surface area contributed by atoms with Gasteiger partial charge >= 0.3 is 0 Å². The molecule has 1 aliphatic heterocycles. The lowest BCUT2D eigenvalue weighted by molar-refractivity contribution is -0.120. The highest BCUT2D eigenvalue weighted by atomic mass is 32.2. The Morgan fingerprint density at radius 1 is 1.17 bits per heavy atom. The summed E-state index contributed by atoms with van der Waals surface area (Å²) in [6.07, 6.45) is 0.529. The monoisotopic (exact) mass is 436 g/mol. The summed E-state index contributed by atoms with van der Waals surface area (Å²) in [5, 5.41) is 2.78. The summed E-state index contributed by atoms with van der Waals surface area (Å²) >= 11 is 0. The molecule has 1 heterocycles. The zero-order valence-corrected chi connectivity index (χ0v) is 17.6. The number of carbonyl (C=O) groups is 1. The predicted octanol–water partition coefficient (Wildman–Crippen LogP) is 1.76. The molecule has 1 N–H and O–H groups in total. The summed E-state index contributed by atoms with van der Waals surface area (Å²) in [5.74, 6) is -0.325. The summed E-state index contributed by atoms with van der Waals surface area (Å²) in [7, 11) is -2.35. The van der Waals surface area contributed by atoms with Gasteiger partial charge in [0.1, 0.15) is 16.5 Å². The molecule has 162 valence electrons. The van der Waals surface area contributed by atoms with E-state index in [4.69, 9.17) is 9.47 Å². The summed E-state index contributed by atoms with van der Waals surface area (Å²) in [6, 6.07) is 10.9. The number of amides is 1. The van der Waals surface area contributed by atoms with Crippen molar-refractivity contribution in [1.82, 2.24) is 9.62 Å².